The Bertz CT molecular complexity index is 1170. The molecule has 1 aliphatic heterocycles. The third-order valence-electron chi connectivity index (χ3n) is 7.87. The molecule has 39 heavy (non-hydrogen) atoms. The molecule has 0 radical (unpaired) electrons. The Morgan fingerprint density at radius 2 is 1.90 bits per heavy atom. The molecule has 3 atom stereocenters. The zero-order valence-electron chi connectivity index (χ0n) is 22.4. The van der Waals surface area contributed by atoms with Crippen molar-refractivity contribution in [2.24, 2.45) is 5.92 Å². The fourth-order valence-corrected chi connectivity index (χ4v) is 5.79. The van der Waals surface area contributed by atoms with Gasteiger partial charge in [-0.2, -0.15) is 0 Å². The number of carbonyl (C=O) groups excluding carboxylic acids is 2. The molecule has 4 N–H and O–H groups in total. The fourth-order valence-electron chi connectivity index (χ4n) is 5.79. The molecule has 4 rings (SSSR count). The summed E-state index contributed by atoms with van der Waals surface area (Å²) in [6.45, 7) is 0.530. The number of nitrogens with one attached hydrogen (secondary N) is 3. The highest BCUT2D eigenvalue weighted by molar-refractivity contribution is 5.98. The summed E-state index contributed by atoms with van der Waals surface area (Å²) in [5, 5.41) is 18.6. The molecule has 1 aliphatic carbocycles. The lowest BCUT2D eigenvalue weighted by atomic mass is 9.85. The Morgan fingerprint density at radius 3 is 2.64 bits per heavy atom. The molecule has 2 aromatic carbocycles. The molecule has 0 spiro atoms. The molecule has 2 aromatic rings. The van der Waals surface area contributed by atoms with Gasteiger partial charge in [-0.1, -0.05) is 38.2 Å². The van der Waals surface area contributed by atoms with Crippen LogP contribution in [-0.4, -0.2) is 48.6 Å². The molecular formula is C30H38FN3O5. The second kappa shape index (κ2) is 13.4. The third-order valence-corrected chi connectivity index (χ3v) is 7.87. The minimum atomic E-state index is -1.04. The quantitative estimate of drug-likeness (QED) is 0.306. The average molecular weight is 540 g/mol. The van der Waals surface area contributed by atoms with Crippen molar-refractivity contribution < 1.29 is 28.6 Å². The summed E-state index contributed by atoms with van der Waals surface area (Å²) in [7, 11) is 1.52. The topological polar surface area (TPSA) is 117 Å². The Balaban J connectivity index is 1.47. The summed E-state index contributed by atoms with van der Waals surface area (Å²) in [5.74, 6) is -1.29. The molecular weight excluding hydrogens is 501 g/mol. The van der Waals surface area contributed by atoms with Crippen LogP contribution in [0.15, 0.2) is 42.5 Å². The van der Waals surface area contributed by atoms with E-state index in [4.69, 9.17) is 4.74 Å². The molecule has 8 nitrogen and oxygen atoms in total. The predicted octanol–water partition coefficient (Wildman–Crippen LogP) is 4.85. The number of methoxy groups -OCH3 is 1. The highest BCUT2D eigenvalue weighted by Gasteiger charge is 2.30. The van der Waals surface area contributed by atoms with Gasteiger partial charge in [0.05, 0.1) is 13.5 Å². The molecule has 2 unspecified atom stereocenters. The van der Waals surface area contributed by atoms with Crippen molar-refractivity contribution in [3.8, 4) is 5.75 Å². The minimum absolute atomic E-state index is 0.146. The lowest BCUT2D eigenvalue weighted by Gasteiger charge is -2.27. The summed E-state index contributed by atoms with van der Waals surface area (Å²) in [6.07, 6.45) is 7.14. The highest BCUT2D eigenvalue weighted by Crippen LogP contribution is 2.35. The van der Waals surface area contributed by atoms with E-state index < -0.39 is 29.9 Å². The van der Waals surface area contributed by atoms with E-state index in [0.717, 1.165) is 30.5 Å². The Hall–Kier alpha value is -3.62. The summed E-state index contributed by atoms with van der Waals surface area (Å²) in [5.41, 5.74) is 1.97. The van der Waals surface area contributed by atoms with Gasteiger partial charge in [0.15, 0.2) is 0 Å². The molecule has 1 heterocycles. The second-order valence-electron chi connectivity index (χ2n) is 10.7. The largest absolute Gasteiger partial charge is 0.497 e. The zero-order valence-corrected chi connectivity index (χ0v) is 22.4. The zero-order chi connectivity index (χ0) is 27.8. The number of anilines is 1. The van der Waals surface area contributed by atoms with Crippen molar-refractivity contribution in [3.05, 3.63) is 59.4 Å². The van der Waals surface area contributed by atoms with Crippen molar-refractivity contribution in [3.63, 3.8) is 0 Å². The number of hydrogen-bond acceptors (Lipinski definition) is 5. The number of carboxylic acid groups (broad SMARTS) is 1. The Kier molecular flexibility index (Phi) is 9.79. The summed E-state index contributed by atoms with van der Waals surface area (Å²) >= 11 is 0. The molecule has 1 fully saturated rings. The number of ether oxygens (including phenoxy) is 1. The van der Waals surface area contributed by atoms with Gasteiger partial charge in [0.25, 0.3) is 5.91 Å². The van der Waals surface area contributed by atoms with E-state index in [1.54, 1.807) is 30.3 Å². The minimum Gasteiger partial charge on any atom is -0.497 e. The van der Waals surface area contributed by atoms with E-state index in [9.17, 15) is 23.9 Å². The number of rotatable bonds is 12. The van der Waals surface area contributed by atoms with Gasteiger partial charge < -0.3 is 25.8 Å². The normalized spacial score (nSPS) is 18.4. The van der Waals surface area contributed by atoms with Gasteiger partial charge in [-0.3, -0.25) is 14.4 Å². The van der Waals surface area contributed by atoms with E-state index in [0.29, 0.717) is 36.6 Å². The fraction of sp³-hybridized carbons (Fsp3) is 0.500. The van der Waals surface area contributed by atoms with Gasteiger partial charge in [0.2, 0.25) is 5.91 Å². The monoisotopic (exact) mass is 539 g/mol. The van der Waals surface area contributed by atoms with Gasteiger partial charge >= 0.3 is 5.97 Å². The van der Waals surface area contributed by atoms with Crippen molar-refractivity contribution in [1.29, 1.82) is 0 Å². The van der Waals surface area contributed by atoms with Crippen LogP contribution in [0.4, 0.5) is 10.1 Å². The standard InChI is InChI=1S/C30H38FN3O5/c1-39-24-9-5-8-20(15-24)29(37)34-27(12-10-19-6-3-2-4-7-19)30(38)33-23(17-28(35)36)14-21-18-32-26-13-11-22(31)16-25(21)26/h5,8-9,11,13,15-16,19,21,23,27,32H,2-4,6-7,10,12,14,17-18H2,1H3,(H,33,38)(H,34,37)(H,35,36)/t21?,23-,27?/m0/s1. The van der Waals surface area contributed by atoms with Crippen LogP contribution >= 0.6 is 0 Å². The summed E-state index contributed by atoms with van der Waals surface area (Å²) in [4.78, 5) is 38.3. The average Bonchev–Trinajstić information content (AvgIpc) is 3.32. The van der Waals surface area contributed by atoms with Gasteiger partial charge in [-0.15, -0.1) is 0 Å². The summed E-state index contributed by atoms with van der Waals surface area (Å²) < 4.78 is 19.1. The van der Waals surface area contributed by atoms with Crippen molar-refractivity contribution in [2.75, 3.05) is 19.0 Å². The van der Waals surface area contributed by atoms with Crippen LogP contribution < -0.4 is 20.7 Å². The number of hydrogen-bond donors (Lipinski definition) is 4. The van der Waals surface area contributed by atoms with Crippen molar-refractivity contribution >= 4 is 23.5 Å². The number of carboxylic acids is 1. The number of halogens is 1. The maximum atomic E-state index is 13.9. The van der Waals surface area contributed by atoms with Crippen LogP contribution in [-0.2, 0) is 9.59 Å². The van der Waals surface area contributed by atoms with Crippen LogP contribution in [0.1, 0.15) is 79.6 Å². The SMILES string of the molecule is COc1cccc(C(=O)NC(CCC2CCCCC2)C(=O)N[C@H](CC(=O)O)CC2CNc3ccc(F)cc32)c1. The highest BCUT2D eigenvalue weighted by atomic mass is 19.1. The van der Waals surface area contributed by atoms with Crippen LogP contribution in [0, 0.1) is 11.7 Å². The van der Waals surface area contributed by atoms with E-state index >= 15 is 0 Å². The molecule has 2 aliphatic rings. The number of amides is 2. The van der Waals surface area contributed by atoms with Gasteiger partial charge in [0, 0.05) is 29.8 Å². The lowest BCUT2D eigenvalue weighted by molar-refractivity contribution is -0.137. The molecule has 0 saturated heterocycles. The van der Waals surface area contributed by atoms with Crippen LogP contribution in [0.3, 0.4) is 0 Å². The first-order chi connectivity index (χ1) is 18.8. The maximum absolute atomic E-state index is 13.9. The Labute approximate surface area is 228 Å². The third kappa shape index (κ3) is 7.94. The van der Waals surface area contributed by atoms with Gasteiger partial charge in [0.1, 0.15) is 17.6 Å². The van der Waals surface area contributed by atoms with E-state index in [-0.39, 0.29) is 18.2 Å². The van der Waals surface area contributed by atoms with E-state index in [2.05, 4.69) is 16.0 Å². The number of carbonyl (C=O) groups is 3. The van der Waals surface area contributed by atoms with E-state index in [1.807, 2.05) is 0 Å². The molecule has 0 bridgehead atoms. The van der Waals surface area contributed by atoms with Crippen LogP contribution in [0.5, 0.6) is 5.75 Å². The predicted molar refractivity (Wildman–Crippen MR) is 146 cm³/mol. The molecule has 0 aromatic heterocycles. The second-order valence-corrected chi connectivity index (χ2v) is 10.7. The molecule has 9 heteroatoms. The van der Waals surface area contributed by atoms with Crippen molar-refractivity contribution in [2.45, 2.75) is 75.8 Å². The van der Waals surface area contributed by atoms with E-state index in [1.165, 1.54) is 38.5 Å². The van der Waals surface area contributed by atoms with Crippen LogP contribution in [0.25, 0.3) is 0 Å². The number of aliphatic carboxylic acids is 1. The van der Waals surface area contributed by atoms with Crippen molar-refractivity contribution in [1.82, 2.24) is 10.6 Å². The van der Waals surface area contributed by atoms with Gasteiger partial charge in [-0.25, -0.2) is 4.39 Å². The molecule has 1 saturated carbocycles. The molecule has 2 amide bonds. The van der Waals surface area contributed by atoms with Crippen LogP contribution in [0.2, 0.25) is 0 Å². The summed E-state index contributed by atoms with van der Waals surface area (Å²) in [6, 6.07) is 9.74. The Morgan fingerprint density at radius 1 is 1.10 bits per heavy atom. The van der Waals surface area contributed by atoms with Gasteiger partial charge in [-0.05, 0) is 67.1 Å². The lowest BCUT2D eigenvalue weighted by Crippen LogP contribution is -2.50. The first-order valence-corrected chi connectivity index (χ1v) is 13.8. The first-order valence-electron chi connectivity index (χ1n) is 13.8. The number of benzene rings is 2. The number of fused-ring (bicyclic) bond motifs is 1. The molecule has 210 valence electrons. The first kappa shape index (κ1) is 28.4. The maximum Gasteiger partial charge on any atom is 0.305 e. The smallest absolute Gasteiger partial charge is 0.305 e.